The first-order valence-corrected chi connectivity index (χ1v) is 9.24. The molecule has 1 N–H and O–H groups in total. The molecule has 0 aliphatic rings. The van der Waals surface area contributed by atoms with Crippen LogP contribution in [-0.4, -0.2) is 47.2 Å². The van der Waals surface area contributed by atoms with E-state index in [1.165, 1.54) is 7.11 Å². The molecule has 0 fully saturated rings. The Morgan fingerprint density at radius 1 is 1.10 bits per heavy atom. The lowest BCUT2D eigenvalue weighted by atomic mass is 10.1. The number of nitrogens with one attached hydrogen (secondary N) is 1. The van der Waals surface area contributed by atoms with Crippen LogP contribution in [0.5, 0.6) is 6.01 Å². The highest BCUT2D eigenvalue weighted by molar-refractivity contribution is 6.00. The number of hydrogen-bond donors (Lipinski definition) is 1. The fraction of sp³-hybridized carbons (Fsp3) is 0.190. The van der Waals surface area contributed by atoms with Crippen LogP contribution in [0.25, 0.3) is 22.2 Å². The molecule has 1 amide bonds. The molecule has 2 aromatic carbocycles. The molecule has 0 saturated heterocycles. The van der Waals surface area contributed by atoms with E-state index in [0.29, 0.717) is 28.6 Å². The molecule has 2 heterocycles. The summed E-state index contributed by atoms with van der Waals surface area (Å²) in [5.74, 6) is 1.21. The van der Waals surface area contributed by atoms with E-state index in [4.69, 9.17) is 9.26 Å². The van der Waals surface area contributed by atoms with Crippen molar-refractivity contribution in [2.24, 2.45) is 0 Å². The number of carbonyl (C=O) groups is 1. The minimum Gasteiger partial charge on any atom is -0.467 e. The maximum Gasteiger partial charge on any atom is 0.321 e. The van der Waals surface area contributed by atoms with Gasteiger partial charge in [0.25, 0.3) is 5.91 Å². The molecular weight excluding hydrogens is 384 g/mol. The maximum absolute atomic E-state index is 12.7. The van der Waals surface area contributed by atoms with E-state index in [0.717, 1.165) is 10.9 Å². The van der Waals surface area contributed by atoms with Gasteiger partial charge in [-0.15, -0.1) is 0 Å². The maximum atomic E-state index is 12.7. The lowest BCUT2D eigenvalue weighted by molar-refractivity contribution is 0.0950. The summed E-state index contributed by atoms with van der Waals surface area (Å²) < 4.78 is 10.6. The summed E-state index contributed by atoms with van der Waals surface area (Å²) in [6.07, 6.45) is 0. The molecule has 0 unspecified atom stereocenters. The van der Waals surface area contributed by atoms with Crippen molar-refractivity contribution >= 4 is 22.8 Å². The molecule has 0 aliphatic carbocycles. The highest BCUT2D eigenvalue weighted by atomic mass is 16.5. The Labute approximate surface area is 172 Å². The number of aromatic nitrogens is 4. The van der Waals surface area contributed by atoms with Crippen LogP contribution in [0.2, 0.25) is 0 Å². The summed E-state index contributed by atoms with van der Waals surface area (Å²) in [5.41, 5.74) is 2.06. The number of amides is 1. The predicted molar refractivity (Wildman–Crippen MR) is 111 cm³/mol. The van der Waals surface area contributed by atoms with Crippen molar-refractivity contribution in [3.8, 4) is 17.3 Å². The van der Waals surface area contributed by atoms with E-state index in [1.807, 2.05) is 44.4 Å². The van der Waals surface area contributed by atoms with Crippen molar-refractivity contribution < 1.29 is 14.1 Å². The van der Waals surface area contributed by atoms with Gasteiger partial charge in [0.2, 0.25) is 5.95 Å². The van der Waals surface area contributed by atoms with Gasteiger partial charge in [-0.25, -0.2) is 0 Å². The van der Waals surface area contributed by atoms with Crippen molar-refractivity contribution in [1.29, 1.82) is 0 Å². The number of methoxy groups -OCH3 is 1. The summed E-state index contributed by atoms with van der Waals surface area (Å²) in [6.45, 7) is 0.131. The fourth-order valence-corrected chi connectivity index (χ4v) is 2.90. The van der Waals surface area contributed by atoms with Crippen molar-refractivity contribution in [3.05, 3.63) is 59.9 Å². The van der Waals surface area contributed by atoms with Gasteiger partial charge in [-0.1, -0.05) is 35.5 Å². The van der Waals surface area contributed by atoms with Crippen LogP contribution in [0.3, 0.4) is 0 Å². The lowest BCUT2D eigenvalue weighted by Crippen LogP contribution is -2.25. The zero-order chi connectivity index (χ0) is 21.1. The topological polar surface area (TPSA) is 106 Å². The normalized spacial score (nSPS) is 10.8. The molecule has 0 atom stereocenters. The second-order valence-corrected chi connectivity index (χ2v) is 6.73. The molecule has 30 heavy (non-hydrogen) atoms. The third kappa shape index (κ3) is 3.90. The Morgan fingerprint density at radius 2 is 1.90 bits per heavy atom. The molecule has 9 nitrogen and oxygen atoms in total. The van der Waals surface area contributed by atoms with E-state index in [9.17, 15) is 4.79 Å². The Kier molecular flexibility index (Phi) is 5.25. The summed E-state index contributed by atoms with van der Waals surface area (Å²) >= 11 is 0. The van der Waals surface area contributed by atoms with Crippen LogP contribution in [0.1, 0.15) is 16.2 Å². The van der Waals surface area contributed by atoms with Crippen molar-refractivity contribution in [3.63, 3.8) is 0 Å². The van der Waals surface area contributed by atoms with E-state index in [-0.39, 0.29) is 18.5 Å². The SMILES string of the molecule is COc1nc(CNC(=O)c2ccc3noc(-c4ccccc4)c3c2)nc(N(C)C)n1. The molecule has 4 rings (SSSR count). The quantitative estimate of drug-likeness (QED) is 0.523. The minimum absolute atomic E-state index is 0.131. The predicted octanol–water partition coefficient (Wildman–Crippen LogP) is 2.68. The highest BCUT2D eigenvalue weighted by Crippen LogP contribution is 2.29. The molecule has 0 saturated carbocycles. The van der Waals surface area contributed by atoms with Gasteiger partial charge in [0.05, 0.1) is 19.0 Å². The Balaban J connectivity index is 1.56. The average molecular weight is 404 g/mol. The standard InChI is InChI=1S/C21H20N6O3/c1-27(2)20-23-17(24-21(25-20)29-3)12-22-19(28)14-9-10-16-15(11-14)18(30-26-16)13-7-5-4-6-8-13/h4-11H,12H2,1-3H3,(H,22,28). The zero-order valence-electron chi connectivity index (χ0n) is 16.8. The van der Waals surface area contributed by atoms with Crippen LogP contribution >= 0.6 is 0 Å². The largest absolute Gasteiger partial charge is 0.467 e. The minimum atomic E-state index is -0.261. The molecule has 2 aromatic heterocycles. The van der Waals surface area contributed by atoms with Gasteiger partial charge in [-0.3, -0.25) is 4.79 Å². The smallest absolute Gasteiger partial charge is 0.321 e. The Hall–Kier alpha value is -4.01. The second-order valence-electron chi connectivity index (χ2n) is 6.73. The number of hydrogen-bond acceptors (Lipinski definition) is 8. The zero-order valence-corrected chi connectivity index (χ0v) is 16.8. The van der Waals surface area contributed by atoms with Gasteiger partial charge in [0.15, 0.2) is 11.6 Å². The van der Waals surface area contributed by atoms with Gasteiger partial charge >= 0.3 is 6.01 Å². The number of rotatable bonds is 6. The number of nitrogens with zero attached hydrogens (tertiary/aromatic N) is 5. The third-order valence-corrected chi connectivity index (χ3v) is 4.41. The monoisotopic (exact) mass is 404 g/mol. The highest BCUT2D eigenvalue weighted by Gasteiger charge is 2.15. The average Bonchev–Trinajstić information content (AvgIpc) is 3.21. The number of anilines is 1. The first-order valence-electron chi connectivity index (χ1n) is 9.24. The summed E-state index contributed by atoms with van der Waals surface area (Å²) in [5, 5.41) is 7.68. The van der Waals surface area contributed by atoms with E-state index >= 15 is 0 Å². The van der Waals surface area contributed by atoms with E-state index in [2.05, 4.69) is 25.4 Å². The lowest BCUT2D eigenvalue weighted by Gasteiger charge is -2.12. The Bertz CT molecular complexity index is 1190. The Morgan fingerprint density at radius 3 is 2.63 bits per heavy atom. The van der Waals surface area contributed by atoms with Crippen molar-refractivity contribution in [1.82, 2.24) is 25.4 Å². The van der Waals surface area contributed by atoms with E-state index < -0.39 is 0 Å². The molecule has 0 bridgehead atoms. The van der Waals surface area contributed by atoms with Crippen molar-refractivity contribution in [2.45, 2.75) is 6.54 Å². The van der Waals surface area contributed by atoms with Crippen LogP contribution < -0.4 is 15.0 Å². The molecule has 4 aromatic rings. The van der Waals surface area contributed by atoms with Gasteiger partial charge in [-0.2, -0.15) is 15.0 Å². The first-order chi connectivity index (χ1) is 14.5. The first kappa shape index (κ1) is 19.3. The molecule has 0 aliphatic heterocycles. The van der Waals surface area contributed by atoms with Crippen LogP contribution in [0, 0.1) is 0 Å². The molecular formula is C21H20N6O3. The molecule has 152 valence electrons. The van der Waals surface area contributed by atoms with Crippen LogP contribution in [0.4, 0.5) is 5.95 Å². The van der Waals surface area contributed by atoms with Gasteiger partial charge in [0.1, 0.15) is 5.52 Å². The summed E-state index contributed by atoms with van der Waals surface area (Å²) in [4.78, 5) is 27.1. The van der Waals surface area contributed by atoms with Gasteiger partial charge < -0.3 is 19.5 Å². The van der Waals surface area contributed by atoms with Gasteiger partial charge in [0, 0.05) is 25.2 Å². The van der Waals surface area contributed by atoms with E-state index in [1.54, 1.807) is 23.1 Å². The molecule has 0 spiro atoms. The number of fused-ring (bicyclic) bond motifs is 1. The third-order valence-electron chi connectivity index (χ3n) is 4.41. The number of carbonyl (C=O) groups excluding carboxylic acids is 1. The number of ether oxygens (including phenoxy) is 1. The number of benzene rings is 2. The van der Waals surface area contributed by atoms with Crippen LogP contribution in [0.15, 0.2) is 53.1 Å². The second kappa shape index (κ2) is 8.16. The fourth-order valence-electron chi connectivity index (χ4n) is 2.90. The molecule has 9 heteroatoms. The summed E-state index contributed by atoms with van der Waals surface area (Å²) in [6, 6.07) is 15.1. The van der Waals surface area contributed by atoms with Crippen molar-refractivity contribution in [2.75, 3.05) is 26.1 Å². The van der Waals surface area contributed by atoms with Crippen LogP contribution in [-0.2, 0) is 6.54 Å². The van der Waals surface area contributed by atoms with Gasteiger partial charge in [-0.05, 0) is 18.2 Å². The molecule has 0 radical (unpaired) electrons. The summed E-state index contributed by atoms with van der Waals surface area (Å²) in [7, 11) is 5.11.